The molecule has 5 nitrogen and oxygen atoms in total. The van der Waals surface area contributed by atoms with Gasteiger partial charge in [-0.3, -0.25) is 4.79 Å². The van der Waals surface area contributed by atoms with Gasteiger partial charge in [-0.2, -0.15) is 0 Å². The molecule has 0 aliphatic rings. The number of nitrogen functional groups attached to an aromatic ring is 1. The minimum atomic E-state index is -0.833. The molecule has 2 aromatic rings. The van der Waals surface area contributed by atoms with E-state index in [4.69, 9.17) is 10.8 Å². The van der Waals surface area contributed by atoms with Crippen molar-refractivity contribution in [3.05, 3.63) is 30.1 Å². The molecule has 0 aliphatic carbocycles. The number of aliphatic carboxylic acids is 1. The smallest absolute Gasteiger partial charge is 0.303 e. The molecule has 78 valence electrons. The number of imidazole rings is 1. The first kappa shape index (κ1) is 9.51. The first-order valence-corrected chi connectivity index (χ1v) is 4.61. The van der Waals surface area contributed by atoms with Crippen LogP contribution in [0.1, 0.15) is 12.1 Å². The summed E-state index contributed by atoms with van der Waals surface area (Å²) in [5.74, 6) is -0.428. The molecule has 15 heavy (non-hydrogen) atoms. The molecule has 0 saturated carbocycles. The van der Waals surface area contributed by atoms with Crippen molar-refractivity contribution < 1.29 is 9.90 Å². The van der Waals surface area contributed by atoms with E-state index in [-0.39, 0.29) is 6.42 Å². The second-order valence-electron chi connectivity index (χ2n) is 3.27. The van der Waals surface area contributed by atoms with Crippen LogP contribution in [0.25, 0.3) is 5.65 Å². The molecule has 2 rings (SSSR count). The van der Waals surface area contributed by atoms with Crippen molar-refractivity contribution >= 4 is 17.4 Å². The topological polar surface area (TPSA) is 80.6 Å². The monoisotopic (exact) mass is 205 g/mol. The number of carboxylic acids is 1. The van der Waals surface area contributed by atoms with Gasteiger partial charge in [0.15, 0.2) is 0 Å². The summed E-state index contributed by atoms with van der Waals surface area (Å²) in [5, 5.41) is 8.60. The fourth-order valence-corrected chi connectivity index (χ4v) is 1.54. The van der Waals surface area contributed by atoms with Gasteiger partial charge in [-0.25, -0.2) is 4.98 Å². The second-order valence-corrected chi connectivity index (χ2v) is 3.27. The first-order valence-electron chi connectivity index (χ1n) is 4.61. The van der Waals surface area contributed by atoms with Crippen molar-refractivity contribution in [1.82, 2.24) is 9.38 Å². The normalized spacial score (nSPS) is 10.7. The molecule has 2 heterocycles. The number of nitrogens with zero attached hydrogens (tertiary/aromatic N) is 2. The third-order valence-corrected chi connectivity index (χ3v) is 2.24. The van der Waals surface area contributed by atoms with Crippen molar-refractivity contribution in [1.29, 1.82) is 0 Å². The van der Waals surface area contributed by atoms with Gasteiger partial charge >= 0.3 is 5.97 Å². The van der Waals surface area contributed by atoms with Crippen LogP contribution in [0.15, 0.2) is 24.4 Å². The Morgan fingerprint density at radius 3 is 3.07 bits per heavy atom. The zero-order valence-electron chi connectivity index (χ0n) is 8.05. The highest BCUT2D eigenvalue weighted by Crippen LogP contribution is 2.15. The molecular weight excluding hydrogens is 194 g/mol. The van der Waals surface area contributed by atoms with Gasteiger partial charge in [-0.1, -0.05) is 6.07 Å². The Hall–Kier alpha value is -2.04. The van der Waals surface area contributed by atoms with Gasteiger partial charge in [-0.05, 0) is 12.1 Å². The fourth-order valence-electron chi connectivity index (χ4n) is 1.54. The van der Waals surface area contributed by atoms with Crippen molar-refractivity contribution in [2.45, 2.75) is 12.8 Å². The second kappa shape index (κ2) is 3.61. The fraction of sp³-hybridized carbons (Fsp3) is 0.200. The van der Waals surface area contributed by atoms with Gasteiger partial charge in [0.05, 0.1) is 12.1 Å². The summed E-state index contributed by atoms with van der Waals surface area (Å²) in [5.41, 5.74) is 7.22. The lowest BCUT2D eigenvalue weighted by Gasteiger charge is -1.99. The van der Waals surface area contributed by atoms with Crippen LogP contribution < -0.4 is 5.73 Å². The van der Waals surface area contributed by atoms with E-state index in [1.54, 1.807) is 0 Å². The van der Waals surface area contributed by atoms with E-state index in [0.29, 0.717) is 12.2 Å². The Balaban J connectivity index is 2.40. The average molecular weight is 205 g/mol. The Kier molecular flexibility index (Phi) is 2.29. The molecule has 2 aromatic heterocycles. The number of hydrogen-bond acceptors (Lipinski definition) is 3. The summed E-state index contributed by atoms with van der Waals surface area (Å²) in [4.78, 5) is 14.6. The number of fused-ring (bicyclic) bond motifs is 1. The van der Waals surface area contributed by atoms with Gasteiger partial charge in [0, 0.05) is 12.6 Å². The molecule has 0 aliphatic heterocycles. The van der Waals surface area contributed by atoms with Gasteiger partial charge in [0.1, 0.15) is 11.5 Å². The number of aromatic nitrogens is 2. The van der Waals surface area contributed by atoms with Gasteiger partial charge < -0.3 is 15.2 Å². The third kappa shape index (κ3) is 1.76. The summed E-state index contributed by atoms with van der Waals surface area (Å²) in [6.07, 6.45) is 2.29. The molecule has 0 atom stereocenters. The lowest BCUT2D eigenvalue weighted by atomic mass is 10.2. The van der Waals surface area contributed by atoms with Gasteiger partial charge in [-0.15, -0.1) is 0 Å². The number of carboxylic acid groups (broad SMARTS) is 1. The molecule has 3 N–H and O–H groups in total. The first-order chi connectivity index (χ1) is 7.18. The minimum absolute atomic E-state index is 0.0624. The van der Waals surface area contributed by atoms with Crippen LogP contribution in [0, 0.1) is 0 Å². The molecule has 0 bridgehead atoms. The molecule has 0 fully saturated rings. The van der Waals surface area contributed by atoms with E-state index >= 15 is 0 Å². The van der Waals surface area contributed by atoms with E-state index in [2.05, 4.69) is 4.98 Å². The van der Waals surface area contributed by atoms with Crippen LogP contribution in [0.5, 0.6) is 0 Å². The van der Waals surface area contributed by atoms with Crippen LogP contribution in [-0.2, 0) is 11.2 Å². The molecule has 0 aromatic carbocycles. The quantitative estimate of drug-likeness (QED) is 0.781. The Bertz CT molecular complexity index is 504. The van der Waals surface area contributed by atoms with Gasteiger partial charge in [0.25, 0.3) is 0 Å². The summed E-state index contributed by atoms with van der Waals surface area (Å²) < 4.78 is 1.82. The SMILES string of the molecule is Nc1nc2ccccn2c1CCC(=O)O. The van der Waals surface area contributed by atoms with Crippen molar-refractivity contribution in [2.24, 2.45) is 0 Å². The predicted octanol–water partition coefficient (Wildman–Crippen LogP) is 0.934. The summed E-state index contributed by atoms with van der Waals surface area (Å²) in [6.45, 7) is 0. The van der Waals surface area contributed by atoms with Crippen LogP contribution in [0.3, 0.4) is 0 Å². The van der Waals surface area contributed by atoms with Gasteiger partial charge in [0.2, 0.25) is 0 Å². The van der Waals surface area contributed by atoms with Crippen LogP contribution in [0.2, 0.25) is 0 Å². The highest BCUT2D eigenvalue weighted by atomic mass is 16.4. The standard InChI is InChI=1S/C10H11N3O2/c11-10-7(4-5-9(14)15)13-6-2-1-3-8(13)12-10/h1-3,6H,4-5,11H2,(H,14,15). The van der Waals surface area contributed by atoms with E-state index in [0.717, 1.165) is 11.3 Å². The van der Waals surface area contributed by atoms with E-state index in [9.17, 15) is 4.79 Å². The number of anilines is 1. The Labute approximate surface area is 86.2 Å². The number of rotatable bonds is 3. The number of carbonyl (C=O) groups is 1. The molecule has 0 amide bonds. The summed E-state index contributed by atoms with van der Waals surface area (Å²) in [6, 6.07) is 5.56. The van der Waals surface area contributed by atoms with Crippen LogP contribution >= 0.6 is 0 Å². The molecule has 5 heteroatoms. The van der Waals surface area contributed by atoms with Crippen LogP contribution in [-0.4, -0.2) is 20.5 Å². The lowest BCUT2D eigenvalue weighted by Crippen LogP contribution is -2.02. The molecule has 0 unspecified atom stereocenters. The maximum Gasteiger partial charge on any atom is 0.303 e. The number of nitrogens with two attached hydrogens (primary N) is 1. The number of hydrogen-bond donors (Lipinski definition) is 2. The minimum Gasteiger partial charge on any atom is -0.481 e. The van der Waals surface area contributed by atoms with Crippen molar-refractivity contribution in [3.8, 4) is 0 Å². The molecule has 0 spiro atoms. The maximum atomic E-state index is 10.5. The summed E-state index contributed by atoms with van der Waals surface area (Å²) in [7, 11) is 0. The van der Waals surface area contributed by atoms with E-state index in [1.807, 2.05) is 28.8 Å². The lowest BCUT2D eigenvalue weighted by molar-refractivity contribution is -0.136. The van der Waals surface area contributed by atoms with Crippen molar-refractivity contribution in [3.63, 3.8) is 0 Å². The third-order valence-electron chi connectivity index (χ3n) is 2.24. The Morgan fingerprint density at radius 1 is 1.53 bits per heavy atom. The average Bonchev–Trinajstić information content (AvgIpc) is 2.50. The zero-order chi connectivity index (χ0) is 10.8. The Morgan fingerprint density at radius 2 is 2.33 bits per heavy atom. The zero-order valence-corrected chi connectivity index (χ0v) is 8.05. The summed E-state index contributed by atoms with van der Waals surface area (Å²) >= 11 is 0. The molecule has 0 saturated heterocycles. The van der Waals surface area contributed by atoms with E-state index < -0.39 is 5.97 Å². The van der Waals surface area contributed by atoms with E-state index in [1.165, 1.54) is 0 Å². The molecule has 0 radical (unpaired) electrons. The number of pyridine rings is 1. The highest BCUT2D eigenvalue weighted by Gasteiger charge is 2.09. The molecular formula is C10H11N3O2. The number of aryl methyl sites for hydroxylation is 1. The maximum absolute atomic E-state index is 10.5. The van der Waals surface area contributed by atoms with Crippen LogP contribution in [0.4, 0.5) is 5.82 Å². The largest absolute Gasteiger partial charge is 0.481 e. The predicted molar refractivity (Wildman–Crippen MR) is 55.6 cm³/mol. The van der Waals surface area contributed by atoms with Crippen molar-refractivity contribution in [2.75, 3.05) is 5.73 Å². The highest BCUT2D eigenvalue weighted by molar-refractivity contribution is 5.67.